The molecule has 20 heavy (non-hydrogen) atoms. The topological polar surface area (TPSA) is 81.2 Å². The molecule has 0 spiro atoms. The van der Waals surface area contributed by atoms with Crippen molar-refractivity contribution < 1.29 is 4.92 Å². The fourth-order valence-electron chi connectivity index (χ4n) is 2.07. The van der Waals surface area contributed by atoms with E-state index in [2.05, 4.69) is 24.4 Å². The number of hydrogen-bond donors (Lipinski definition) is 2. The van der Waals surface area contributed by atoms with Crippen LogP contribution in [0.1, 0.15) is 11.1 Å². The molecule has 5 heteroatoms. The van der Waals surface area contributed by atoms with E-state index in [9.17, 15) is 10.1 Å². The van der Waals surface area contributed by atoms with E-state index in [0.29, 0.717) is 17.9 Å². The van der Waals surface area contributed by atoms with Crippen molar-refractivity contribution in [3.8, 4) is 0 Å². The highest BCUT2D eigenvalue weighted by atomic mass is 16.6. The van der Waals surface area contributed by atoms with Gasteiger partial charge in [0.15, 0.2) is 0 Å². The van der Waals surface area contributed by atoms with E-state index in [1.807, 2.05) is 12.1 Å². The van der Waals surface area contributed by atoms with Crippen LogP contribution in [-0.2, 0) is 6.42 Å². The van der Waals surface area contributed by atoms with Gasteiger partial charge < -0.3 is 11.1 Å². The van der Waals surface area contributed by atoms with Crippen molar-refractivity contribution in [3.63, 3.8) is 0 Å². The first-order valence-corrected chi connectivity index (χ1v) is 6.39. The molecule has 0 fully saturated rings. The molecule has 0 aliphatic heterocycles. The first kappa shape index (κ1) is 13.9. The Bertz CT molecular complexity index is 626. The van der Waals surface area contributed by atoms with Crippen LogP contribution in [0.2, 0.25) is 0 Å². The van der Waals surface area contributed by atoms with Crippen molar-refractivity contribution in [2.24, 2.45) is 0 Å². The van der Waals surface area contributed by atoms with Gasteiger partial charge in [-0.2, -0.15) is 0 Å². The summed E-state index contributed by atoms with van der Waals surface area (Å²) in [5.41, 5.74) is 9.23. The van der Waals surface area contributed by atoms with Crippen LogP contribution in [0, 0.1) is 17.0 Å². The van der Waals surface area contributed by atoms with Gasteiger partial charge in [0.05, 0.1) is 4.92 Å². The lowest BCUT2D eigenvalue weighted by molar-refractivity contribution is -0.384. The van der Waals surface area contributed by atoms with Crippen LogP contribution in [-0.4, -0.2) is 11.5 Å². The zero-order valence-electron chi connectivity index (χ0n) is 11.3. The van der Waals surface area contributed by atoms with Crippen molar-refractivity contribution in [3.05, 3.63) is 63.7 Å². The normalized spacial score (nSPS) is 10.2. The molecule has 5 nitrogen and oxygen atoms in total. The van der Waals surface area contributed by atoms with Crippen LogP contribution in [0.4, 0.5) is 17.1 Å². The Balaban J connectivity index is 2.01. The minimum Gasteiger partial charge on any atom is -0.398 e. The van der Waals surface area contributed by atoms with Crippen LogP contribution in [0.15, 0.2) is 42.5 Å². The molecular formula is C15H17N3O2. The number of nitrogen functional groups attached to an aromatic ring is 1. The Hall–Kier alpha value is -2.56. The smallest absolute Gasteiger partial charge is 0.273 e. The maximum absolute atomic E-state index is 10.8. The number of hydrogen-bond acceptors (Lipinski definition) is 4. The number of non-ortho nitro benzene ring substituents is 1. The number of rotatable bonds is 5. The van der Waals surface area contributed by atoms with Gasteiger partial charge in [0.25, 0.3) is 5.69 Å². The van der Waals surface area contributed by atoms with Gasteiger partial charge in [-0.1, -0.05) is 24.3 Å². The monoisotopic (exact) mass is 271 g/mol. The number of nitrogens with one attached hydrogen (secondary N) is 1. The summed E-state index contributed by atoms with van der Waals surface area (Å²) in [5.74, 6) is 0. The minimum absolute atomic E-state index is 0.00314. The third-order valence-corrected chi connectivity index (χ3v) is 3.14. The third-order valence-electron chi connectivity index (χ3n) is 3.14. The number of nitrogens with two attached hydrogens (primary N) is 1. The first-order chi connectivity index (χ1) is 9.56. The Morgan fingerprint density at radius 1 is 1.25 bits per heavy atom. The van der Waals surface area contributed by atoms with Gasteiger partial charge in [0, 0.05) is 30.1 Å². The molecule has 2 aromatic rings. The van der Waals surface area contributed by atoms with Crippen molar-refractivity contribution >= 4 is 17.1 Å². The molecule has 104 valence electrons. The van der Waals surface area contributed by atoms with Gasteiger partial charge in [-0.15, -0.1) is 0 Å². The summed E-state index contributed by atoms with van der Waals surface area (Å²) in [4.78, 5) is 10.3. The second-order valence-corrected chi connectivity index (χ2v) is 4.67. The summed E-state index contributed by atoms with van der Waals surface area (Å²) in [6.07, 6.45) is 0.856. The molecule has 0 atom stereocenters. The molecule has 0 saturated carbocycles. The summed E-state index contributed by atoms with van der Waals surface area (Å²) >= 11 is 0. The minimum atomic E-state index is -0.442. The molecule has 0 unspecified atom stereocenters. The Kier molecular flexibility index (Phi) is 4.20. The summed E-state index contributed by atoms with van der Waals surface area (Å²) in [5, 5.41) is 13.9. The molecule has 0 aliphatic carbocycles. The number of nitrogens with zero attached hydrogens (tertiary/aromatic N) is 1. The van der Waals surface area contributed by atoms with Crippen molar-refractivity contribution in [1.82, 2.24) is 0 Å². The largest absolute Gasteiger partial charge is 0.398 e. The highest BCUT2D eigenvalue weighted by Gasteiger charge is 2.08. The maximum Gasteiger partial charge on any atom is 0.273 e. The number of aryl methyl sites for hydroxylation is 1. The van der Waals surface area contributed by atoms with Crippen molar-refractivity contribution in [1.29, 1.82) is 0 Å². The van der Waals surface area contributed by atoms with E-state index < -0.39 is 4.92 Å². The molecule has 0 amide bonds. The van der Waals surface area contributed by atoms with E-state index in [1.54, 1.807) is 6.07 Å². The molecule has 0 bridgehead atoms. The Morgan fingerprint density at radius 2 is 2.00 bits per heavy atom. The van der Waals surface area contributed by atoms with Gasteiger partial charge in [-0.05, 0) is 30.5 Å². The van der Waals surface area contributed by atoms with Gasteiger partial charge in [0.1, 0.15) is 0 Å². The zero-order valence-corrected chi connectivity index (χ0v) is 11.3. The lowest BCUT2D eigenvalue weighted by atomic mass is 10.1. The molecule has 0 saturated heterocycles. The van der Waals surface area contributed by atoms with E-state index >= 15 is 0 Å². The summed E-state index contributed by atoms with van der Waals surface area (Å²) in [6.45, 7) is 2.77. The molecule has 3 N–H and O–H groups in total. The molecular weight excluding hydrogens is 254 g/mol. The van der Waals surface area contributed by atoms with Gasteiger partial charge in [0.2, 0.25) is 0 Å². The van der Waals surface area contributed by atoms with E-state index in [1.165, 1.54) is 23.3 Å². The fraction of sp³-hybridized carbons (Fsp3) is 0.200. The van der Waals surface area contributed by atoms with Crippen LogP contribution >= 0.6 is 0 Å². The number of benzene rings is 2. The van der Waals surface area contributed by atoms with Gasteiger partial charge in [-0.25, -0.2) is 0 Å². The SMILES string of the molecule is Cc1ccccc1CCNc1cc(N)cc([N+](=O)[O-])c1. The molecule has 0 aliphatic rings. The van der Waals surface area contributed by atoms with Gasteiger partial charge in [-0.3, -0.25) is 10.1 Å². The average Bonchev–Trinajstić information content (AvgIpc) is 2.40. The lowest BCUT2D eigenvalue weighted by Gasteiger charge is -2.09. The summed E-state index contributed by atoms with van der Waals surface area (Å²) < 4.78 is 0. The number of nitro groups is 1. The van der Waals surface area contributed by atoms with Crippen LogP contribution in [0.25, 0.3) is 0 Å². The molecule has 0 aromatic heterocycles. The highest BCUT2D eigenvalue weighted by molar-refractivity contribution is 5.61. The number of nitro benzene ring substituents is 1. The Morgan fingerprint density at radius 3 is 2.70 bits per heavy atom. The average molecular weight is 271 g/mol. The summed E-state index contributed by atoms with van der Waals surface area (Å²) in [7, 11) is 0. The summed E-state index contributed by atoms with van der Waals surface area (Å²) in [6, 6.07) is 12.7. The quantitative estimate of drug-likeness (QED) is 0.497. The lowest BCUT2D eigenvalue weighted by Crippen LogP contribution is -2.06. The second-order valence-electron chi connectivity index (χ2n) is 4.67. The van der Waals surface area contributed by atoms with Crippen LogP contribution in [0.3, 0.4) is 0 Å². The van der Waals surface area contributed by atoms with E-state index in [-0.39, 0.29) is 5.69 Å². The Labute approximate surface area is 117 Å². The standard InChI is InChI=1S/C15H17N3O2/c1-11-4-2-3-5-12(11)6-7-17-14-8-13(16)9-15(10-14)18(19)20/h2-5,8-10,17H,6-7,16H2,1H3. The van der Waals surface area contributed by atoms with Crippen LogP contribution in [0.5, 0.6) is 0 Å². The third kappa shape index (κ3) is 3.47. The highest BCUT2D eigenvalue weighted by Crippen LogP contribution is 2.22. The number of anilines is 2. The predicted molar refractivity (Wildman–Crippen MR) is 80.9 cm³/mol. The maximum atomic E-state index is 10.8. The van der Waals surface area contributed by atoms with Crippen LogP contribution < -0.4 is 11.1 Å². The van der Waals surface area contributed by atoms with E-state index in [4.69, 9.17) is 5.73 Å². The van der Waals surface area contributed by atoms with Crippen molar-refractivity contribution in [2.45, 2.75) is 13.3 Å². The molecule has 0 radical (unpaired) electrons. The van der Waals surface area contributed by atoms with E-state index in [0.717, 1.165) is 6.42 Å². The zero-order chi connectivity index (χ0) is 14.5. The predicted octanol–water partition coefficient (Wildman–Crippen LogP) is 3.14. The molecule has 2 rings (SSSR count). The molecule has 0 heterocycles. The second kappa shape index (κ2) is 6.06. The van der Waals surface area contributed by atoms with Gasteiger partial charge >= 0.3 is 0 Å². The molecule has 2 aromatic carbocycles. The first-order valence-electron chi connectivity index (χ1n) is 6.39. The van der Waals surface area contributed by atoms with Crippen molar-refractivity contribution in [2.75, 3.05) is 17.6 Å². The fourth-order valence-corrected chi connectivity index (χ4v) is 2.07.